The zero-order valence-electron chi connectivity index (χ0n) is 64.3. The predicted molar refractivity (Wildman–Crippen MR) is 401 cm³/mol. The molecule has 12 N–H and O–H groups in total. The lowest BCUT2D eigenvalue weighted by molar-refractivity contribution is -0.145. The fraction of sp³-hybridized carbons (Fsp3) is 0.640. The molecule has 0 aliphatic carbocycles. The van der Waals surface area contributed by atoms with Crippen LogP contribution in [0.15, 0.2) is 66.1 Å². The molecule has 2 aromatic rings. The SMILES string of the molecule is CCCCNC(=O)C(N)CSC1CC(=O)N(CCCCCC(=O)N[C@H](C(=O)N[C@@H](CCCNC(N)=O)C(=O)Nc2ccc(COC(=O)N(C)[C@H](C(=O)N[C@H](C(=O)N(C)[C@@H]([C@@H](C)CC)[C@@H](CC(=O)N3CCC/C3=C(/OC)[C@@H](C)C(=O)N[C@@H](Cc3ccccc3)C(=O)O)OC)C(C)C)C(C)C)cc2)C(C)C)C1=O. The van der Waals surface area contributed by atoms with Gasteiger partial charge in [-0.2, -0.15) is 0 Å². The van der Waals surface area contributed by atoms with Gasteiger partial charge in [0.25, 0.3) is 0 Å². The molecule has 0 aromatic heterocycles. The van der Waals surface area contributed by atoms with Crippen molar-refractivity contribution in [3.63, 3.8) is 0 Å². The van der Waals surface area contributed by atoms with Crippen molar-refractivity contribution in [2.75, 3.05) is 65.6 Å². The molecule has 4 rings (SSSR count). The number of carboxylic acids is 1. The third-order valence-corrected chi connectivity index (χ3v) is 20.4. The second-order valence-electron chi connectivity index (χ2n) is 28.3. The zero-order chi connectivity index (χ0) is 79.1. The highest BCUT2D eigenvalue weighted by atomic mass is 32.2. The number of nitrogens with one attached hydrogen (secondary N) is 7. The monoisotopic (exact) mass is 1500 g/mol. The Hall–Kier alpha value is -8.84. The summed E-state index contributed by atoms with van der Waals surface area (Å²) >= 11 is 1.19. The number of amides is 13. The number of nitrogens with two attached hydrogens (primary N) is 2. The minimum atomic E-state index is -1.22. The van der Waals surface area contributed by atoms with E-state index in [4.69, 9.17) is 25.7 Å². The third-order valence-electron chi connectivity index (χ3n) is 19.1. The van der Waals surface area contributed by atoms with E-state index < -0.39 is 131 Å². The van der Waals surface area contributed by atoms with Crippen LogP contribution in [0, 0.1) is 29.6 Å². The molecule has 2 aliphatic heterocycles. The molecule has 2 unspecified atom stereocenters. The molecule has 11 atom stereocenters. The summed E-state index contributed by atoms with van der Waals surface area (Å²) in [4.78, 5) is 180. The van der Waals surface area contributed by atoms with Gasteiger partial charge in [0.1, 0.15) is 42.6 Å². The summed E-state index contributed by atoms with van der Waals surface area (Å²) in [6.45, 7) is 18.8. The summed E-state index contributed by atoms with van der Waals surface area (Å²) in [6.07, 6.45) is 3.12. The van der Waals surface area contributed by atoms with Crippen LogP contribution in [0.4, 0.5) is 15.3 Å². The van der Waals surface area contributed by atoms with Crippen molar-refractivity contribution < 1.29 is 81.6 Å². The molecule has 2 aliphatic rings. The van der Waals surface area contributed by atoms with Crippen molar-refractivity contribution in [2.45, 2.75) is 219 Å². The zero-order valence-corrected chi connectivity index (χ0v) is 65.1. The fourth-order valence-corrected chi connectivity index (χ4v) is 13.9. The van der Waals surface area contributed by atoms with Crippen LogP contribution in [0.2, 0.25) is 0 Å². The van der Waals surface area contributed by atoms with Crippen molar-refractivity contribution in [3.05, 3.63) is 77.2 Å². The number of allylic oxidation sites excluding steroid dienone is 1. The van der Waals surface area contributed by atoms with Gasteiger partial charge in [-0.1, -0.05) is 124 Å². The van der Waals surface area contributed by atoms with Gasteiger partial charge in [-0.05, 0) is 98.8 Å². The van der Waals surface area contributed by atoms with Crippen molar-refractivity contribution in [3.8, 4) is 0 Å². The first-order chi connectivity index (χ1) is 50.2. The van der Waals surface area contributed by atoms with E-state index in [2.05, 4.69) is 37.2 Å². The largest absolute Gasteiger partial charge is 0.498 e. The summed E-state index contributed by atoms with van der Waals surface area (Å²) < 4.78 is 17.6. The number of carbonyl (C=O) groups is 13. The highest BCUT2D eigenvalue weighted by molar-refractivity contribution is 8.00. The maximum atomic E-state index is 14.8. The number of anilines is 1. The van der Waals surface area contributed by atoms with Gasteiger partial charge >= 0.3 is 18.1 Å². The number of imide groups is 1. The van der Waals surface area contributed by atoms with Gasteiger partial charge in [-0.3, -0.25) is 57.7 Å². The molecular weight excluding hydrogens is 1390 g/mol. The first kappa shape index (κ1) is 89.6. The number of methoxy groups -OCH3 is 2. The number of unbranched alkanes of at least 4 members (excludes halogenated alkanes) is 3. The summed E-state index contributed by atoms with van der Waals surface area (Å²) in [5, 5.41) is 28.5. The molecule has 31 heteroatoms. The lowest BCUT2D eigenvalue weighted by Gasteiger charge is -2.40. The van der Waals surface area contributed by atoms with E-state index >= 15 is 0 Å². The van der Waals surface area contributed by atoms with Crippen LogP contribution in [0.25, 0.3) is 0 Å². The topological polar surface area (TPSA) is 419 Å². The van der Waals surface area contributed by atoms with Gasteiger partial charge < -0.3 is 77.8 Å². The third kappa shape index (κ3) is 27.5. The Bertz CT molecular complexity index is 3320. The molecule has 2 fully saturated rings. The van der Waals surface area contributed by atoms with Gasteiger partial charge in [0.05, 0.1) is 48.6 Å². The number of carbonyl (C=O) groups excluding carboxylic acids is 12. The second-order valence-corrected chi connectivity index (χ2v) is 29.5. The number of rotatable bonds is 45. The lowest BCUT2D eigenvalue weighted by atomic mass is 9.89. The predicted octanol–water partition coefficient (Wildman–Crippen LogP) is 5.30. The lowest BCUT2D eigenvalue weighted by Crippen LogP contribution is -2.60. The number of carboxylic acid groups (broad SMARTS) is 1. The average Bonchev–Trinajstić information content (AvgIpc) is 1.38. The molecular formula is C75H117N13O17S. The van der Waals surface area contributed by atoms with Gasteiger partial charge in [0.2, 0.25) is 59.1 Å². The summed E-state index contributed by atoms with van der Waals surface area (Å²) in [5.41, 5.74) is 13.3. The molecule has 2 aromatic carbocycles. The van der Waals surface area contributed by atoms with Crippen LogP contribution >= 0.6 is 11.8 Å². The fourth-order valence-electron chi connectivity index (χ4n) is 12.8. The van der Waals surface area contributed by atoms with Crippen molar-refractivity contribution in [2.24, 2.45) is 41.1 Å². The van der Waals surface area contributed by atoms with Crippen LogP contribution in [0.1, 0.15) is 164 Å². The summed E-state index contributed by atoms with van der Waals surface area (Å²) in [6, 6.07) is 7.33. The van der Waals surface area contributed by atoms with Crippen LogP contribution in [-0.2, 0) is 80.0 Å². The second kappa shape index (κ2) is 45.0. The highest BCUT2D eigenvalue weighted by Gasteiger charge is 2.43. The smallest absolute Gasteiger partial charge is 0.410 e. The number of ether oxygens (including phenoxy) is 3. The van der Waals surface area contributed by atoms with Gasteiger partial charge in [0.15, 0.2) is 0 Å². The molecule has 106 heavy (non-hydrogen) atoms. The number of likely N-dealkylation sites (N-methyl/N-ethyl adjacent to an activating group) is 2. The number of likely N-dealkylation sites (tertiary alicyclic amines) is 2. The van der Waals surface area contributed by atoms with E-state index in [1.807, 2.05) is 26.8 Å². The normalized spacial score (nSPS) is 17.0. The molecule has 0 bridgehead atoms. The van der Waals surface area contributed by atoms with Crippen molar-refractivity contribution in [1.29, 1.82) is 0 Å². The number of aliphatic carboxylic acids is 1. The maximum absolute atomic E-state index is 14.8. The van der Waals surface area contributed by atoms with Crippen LogP contribution < -0.4 is 48.7 Å². The Kier molecular flexibility index (Phi) is 38.0. The minimum Gasteiger partial charge on any atom is -0.498 e. The number of thioether (sulfide) groups is 1. The van der Waals surface area contributed by atoms with E-state index in [9.17, 15) is 67.4 Å². The van der Waals surface area contributed by atoms with E-state index in [1.54, 1.807) is 109 Å². The van der Waals surface area contributed by atoms with E-state index in [0.717, 1.165) is 23.3 Å². The number of benzene rings is 2. The first-order valence-electron chi connectivity index (χ1n) is 36.9. The average molecular weight is 1500 g/mol. The molecule has 30 nitrogen and oxygen atoms in total. The summed E-state index contributed by atoms with van der Waals surface area (Å²) in [7, 11) is 5.87. The number of hydrogen-bond acceptors (Lipinski definition) is 18. The minimum absolute atomic E-state index is 0.00953. The number of urea groups is 1. The quantitative estimate of drug-likeness (QED) is 0.0228. The summed E-state index contributed by atoms with van der Waals surface area (Å²) in [5.74, 6) is -7.98. The van der Waals surface area contributed by atoms with E-state index in [0.29, 0.717) is 68.6 Å². The Balaban J connectivity index is 1.35. The number of nitrogens with zero attached hydrogens (tertiary/aromatic N) is 4. The Morgan fingerprint density at radius 2 is 1.36 bits per heavy atom. The van der Waals surface area contributed by atoms with E-state index in [1.165, 1.54) is 42.8 Å². The van der Waals surface area contributed by atoms with Crippen molar-refractivity contribution in [1.82, 2.24) is 51.5 Å². The Morgan fingerprint density at radius 1 is 0.708 bits per heavy atom. The molecule has 590 valence electrons. The Labute approximate surface area is 628 Å². The molecule has 13 amide bonds. The van der Waals surface area contributed by atoms with Crippen LogP contribution in [0.5, 0.6) is 0 Å². The van der Waals surface area contributed by atoms with Crippen LogP contribution in [0.3, 0.4) is 0 Å². The van der Waals surface area contributed by atoms with Gasteiger partial charge in [-0.15, -0.1) is 11.8 Å². The standard InChI is InChI=1S/C75H117N13O17S/c1-15-17-35-78-67(93)52(76)43-106-57-41-60(91)88(71(57)97)37-23-19-22-30-58(89)83-61(44(3)4)69(95)81-53(28-24-36-79-74(77)101)68(94)80-51-33-31-50(32-34-51)42-105-75(102)86(12)63(46(7)8)70(96)84-62(45(5)6)72(98)85(11)64(47(9)16-2)56(103-13)40-59(90)87-38-25-29-55(87)65(104-14)48(10)66(92)82-54(73(99)100)39-49-26-20-18-21-27-49/h18,20-21,26-27,31-34,44-48,52-54,56-57,61-64H,15-17,19,22-25,28-30,35-43,76H2,1-14H3,(H,78,93)(H,80,94)(H,81,95)(H,82,92)(H,83,89)(H,84,96)(H,99,100)(H3,77,79,101)/b65-55-/t47-,48+,52?,53-,54-,56+,57?,61-,62-,63-,64-/m0/s1. The highest BCUT2D eigenvalue weighted by Crippen LogP contribution is 2.32. The molecule has 0 radical (unpaired) electrons. The molecule has 0 saturated carbocycles. The van der Waals surface area contributed by atoms with Crippen molar-refractivity contribution >= 4 is 94.6 Å². The van der Waals surface area contributed by atoms with Gasteiger partial charge in [-0.25, -0.2) is 14.4 Å². The number of hydrogen-bond donors (Lipinski definition) is 10. The Morgan fingerprint density at radius 3 is 1.95 bits per heavy atom. The molecule has 0 spiro atoms. The maximum Gasteiger partial charge on any atom is 0.410 e. The van der Waals surface area contributed by atoms with E-state index in [-0.39, 0.29) is 99.3 Å². The first-order valence-corrected chi connectivity index (χ1v) is 37.9. The molecule has 2 saturated heterocycles. The number of primary amides is 1. The van der Waals surface area contributed by atoms with Gasteiger partial charge in [0, 0.05) is 78.1 Å². The van der Waals surface area contributed by atoms with Crippen LogP contribution in [-0.4, -0.2) is 216 Å². The molecule has 2 heterocycles.